The number of fused-ring (bicyclic) bond motifs is 1. The van der Waals surface area contributed by atoms with Crippen molar-refractivity contribution in [3.63, 3.8) is 0 Å². The molecule has 0 unspecified atom stereocenters. The van der Waals surface area contributed by atoms with E-state index in [4.69, 9.17) is 0 Å². The van der Waals surface area contributed by atoms with Gasteiger partial charge in [-0.2, -0.15) is 13.2 Å². The lowest BCUT2D eigenvalue weighted by Crippen LogP contribution is -2.09. The summed E-state index contributed by atoms with van der Waals surface area (Å²) in [4.78, 5) is 9.26. The van der Waals surface area contributed by atoms with Crippen LogP contribution in [0.25, 0.3) is 21.3 Å². The summed E-state index contributed by atoms with van der Waals surface area (Å²) >= 11 is 1.44. The summed E-state index contributed by atoms with van der Waals surface area (Å²) in [6.45, 7) is 4.04. The van der Waals surface area contributed by atoms with E-state index in [2.05, 4.69) is 21.4 Å². The normalized spacial score (nSPS) is 11.8. The minimum atomic E-state index is -4.46. The van der Waals surface area contributed by atoms with Crippen LogP contribution in [0.3, 0.4) is 0 Å². The molecule has 4 rings (SSSR count). The molecule has 1 N–H and O–H groups in total. The molecular formula is C21H16F3N3S. The highest BCUT2D eigenvalue weighted by Gasteiger charge is 2.33. The summed E-state index contributed by atoms with van der Waals surface area (Å²) in [7, 11) is 0. The Kier molecular flexibility index (Phi) is 4.55. The number of para-hydroxylation sites is 1. The van der Waals surface area contributed by atoms with Crippen LogP contribution in [-0.4, -0.2) is 9.97 Å². The van der Waals surface area contributed by atoms with Gasteiger partial charge in [-0.1, -0.05) is 35.9 Å². The van der Waals surface area contributed by atoms with Crippen LogP contribution in [0.2, 0.25) is 0 Å². The van der Waals surface area contributed by atoms with Crippen molar-refractivity contribution in [3.05, 3.63) is 70.9 Å². The summed E-state index contributed by atoms with van der Waals surface area (Å²) in [5, 5.41) is 5.57. The lowest BCUT2D eigenvalue weighted by atomic mass is 9.99. The Bertz CT molecular complexity index is 1170. The zero-order valence-corrected chi connectivity index (χ0v) is 15.9. The van der Waals surface area contributed by atoms with Crippen molar-refractivity contribution in [2.45, 2.75) is 20.0 Å². The number of hydrogen-bond donors (Lipinski definition) is 1. The molecule has 0 saturated carbocycles. The summed E-state index contributed by atoms with van der Waals surface area (Å²) in [6, 6.07) is 11.5. The second-order valence-electron chi connectivity index (χ2n) is 6.54. The number of halogens is 3. The van der Waals surface area contributed by atoms with Crippen molar-refractivity contribution in [3.8, 4) is 11.1 Å². The molecule has 0 aliphatic heterocycles. The molecule has 28 heavy (non-hydrogen) atoms. The Morgan fingerprint density at radius 2 is 1.75 bits per heavy atom. The number of rotatable bonds is 3. The Labute approximate surface area is 163 Å². The van der Waals surface area contributed by atoms with E-state index in [0.29, 0.717) is 5.82 Å². The Balaban J connectivity index is 1.87. The maximum atomic E-state index is 13.4. The van der Waals surface area contributed by atoms with Crippen LogP contribution < -0.4 is 5.32 Å². The molecule has 0 atom stereocenters. The van der Waals surface area contributed by atoms with E-state index >= 15 is 0 Å². The van der Waals surface area contributed by atoms with Gasteiger partial charge in [-0.25, -0.2) is 9.97 Å². The topological polar surface area (TPSA) is 37.8 Å². The molecule has 0 aliphatic carbocycles. The van der Waals surface area contributed by atoms with Gasteiger partial charge in [0.15, 0.2) is 0 Å². The van der Waals surface area contributed by atoms with Crippen molar-refractivity contribution < 1.29 is 13.2 Å². The molecule has 2 aromatic carbocycles. The maximum absolute atomic E-state index is 13.4. The fourth-order valence-electron chi connectivity index (χ4n) is 3.25. The van der Waals surface area contributed by atoms with Gasteiger partial charge in [0.25, 0.3) is 0 Å². The molecule has 0 spiro atoms. The van der Waals surface area contributed by atoms with Gasteiger partial charge in [-0.15, -0.1) is 11.3 Å². The van der Waals surface area contributed by atoms with Crippen molar-refractivity contribution in [2.75, 3.05) is 5.32 Å². The SMILES string of the molecule is Cc1ccc(-c2csc3ncnc(Nc4ccccc4C(F)(F)F)c23)c(C)c1. The zero-order valence-electron chi connectivity index (χ0n) is 15.1. The fraction of sp³-hybridized carbons (Fsp3) is 0.143. The smallest absolute Gasteiger partial charge is 0.339 e. The largest absolute Gasteiger partial charge is 0.418 e. The van der Waals surface area contributed by atoms with Crippen LogP contribution in [0, 0.1) is 13.8 Å². The van der Waals surface area contributed by atoms with Crippen LogP contribution in [-0.2, 0) is 6.18 Å². The maximum Gasteiger partial charge on any atom is 0.418 e. The van der Waals surface area contributed by atoms with Crippen LogP contribution in [0.4, 0.5) is 24.7 Å². The quantitative estimate of drug-likeness (QED) is 0.415. The molecule has 7 heteroatoms. The lowest BCUT2D eigenvalue weighted by Gasteiger charge is -2.15. The standard InChI is InChI=1S/C21H16F3N3S/c1-12-7-8-14(13(2)9-12)15-10-28-20-18(15)19(25-11-26-20)27-17-6-4-3-5-16(17)21(22,23)24/h3-11H,1-2H3,(H,25,26,27). The van der Waals surface area contributed by atoms with Crippen molar-refractivity contribution in [1.29, 1.82) is 0 Å². The molecule has 2 heterocycles. The van der Waals surface area contributed by atoms with E-state index in [0.717, 1.165) is 38.5 Å². The summed E-state index contributed by atoms with van der Waals surface area (Å²) in [5.74, 6) is 0.359. The van der Waals surface area contributed by atoms with E-state index in [1.54, 1.807) is 6.07 Å². The Morgan fingerprint density at radius 1 is 0.964 bits per heavy atom. The van der Waals surface area contributed by atoms with E-state index < -0.39 is 11.7 Å². The van der Waals surface area contributed by atoms with Crippen molar-refractivity contribution in [1.82, 2.24) is 9.97 Å². The zero-order chi connectivity index (χ0) is 19.9. The van der Waals surface area contributed by atoms with Crippen LogP contribution >= 0.6 is 11.3 Å². The molecule has 142 valence electrons. The average molecular weight is 399 g/mol. The minimum Gasteiger partial charge on any atom is -0.339 e. The van der Waals surface area contributed by atoms with Crippen LogP contribution in [0.5, 0.6) is 0 Å². The predicted octanol–water partition coefficient (Wildman–Crippen LogP) is 6.74. The molecule has 0 aliphatic rings. The summed E-state index contributed by atoms with van der Waals surface area (Å²) in [6.07, 6.45) is -3.09. The first kappa shape index (κ1) is 18.4. The van der Waals surface area contributed by atoms with Gasteiger partial charge in [-0.3, -0.25) is 0 Å². The van der Waals surface area contributed by atoms with Crippen molar-refractivity contribution in [2.24, 2.45) is 0 Å². The molecule has 0 saturated heterocycles. The molecule has 0 bridgehead atoms. The highest BCUT2D eigenvalue weighted by molar-refractivity contribution is 7.17. The van der Waals surface area contributed by atoms with E-state index in [1.807, 2.05) is 31.4 Å². The van der Waals surface area contributed by atoms with Gasteiger partial charge in [0.2, 0.25) is 0 Å². The van der Waals surface area contributed by atoms with Crippen molar-refractivity contribution >= 4 is 33.1 Å². The van der Waals surface area contributed by atoms with E-state index in [9.17, 15) is 13.2 Å². The van der Waals surface area contributed by atoms with Gasteiger partial charge in [0.1, 0.15) is 17.0 Å². The Morgan fingerprint density at radius 3 is 2.50 bits per heavy atom. The average Bonchev–Trinajstić information content (AvgIpc) is 3.06. The first-order chi connectivity index (χ1) is 13.3. The van der Waals surface area contributed by atoms with Crippen LogP contribution in [0.15, 0.2) is 54.2 Å². The molecule has 0 fully saturated rings. The number of nitrogens with zero attached hydrogens (tertiary/aromatic N) is 2. The third-order valence-corrected chi connectivity index (χ3v) is 5.41. The number of benzene rings is 2. The van der Waals surface area contributed by atoms with Gasteiger partial charge in [-0.05, 0) is 37.1 Å². The highest BCUT2D eigenvalue weighted by atomic mass is 32.1. The predicted molar refractivity (Wildman–Crippen MR) is 107 cm³/mol. The molecule has 0 radical (unpaired) electrons. The lowest BCUT2D eigenvalue weighted by molar-refractivity contribution is -0.136. The highest BCUT2D eigenvalue weighted by Crippen LogP contribution is 2.41. The second-order valence-corrected chi connectivity index (χ2v) is 7.40. The number of aryl methyl sites for hydroxylation is 2. The molecule has 0 amide bonds. The van der Waals surface area contributed by atoms with Gasteiger partial charge >= 0.3 is 6.18 Å². The number of anilines is 2. The van der Waals surface area contributed by atoms with Gasteiger partial charge in [0, 0.05) is 10.9 Å². The first-order valence-corrected chi connectivity index (χ1v) is 9.45. The molecule has 3 nitrogen and oxygen atoms in total. The molecule has 2 aromatic heterocycles. The van der Waals surface area contributed by atoms with Gasteiger partial charge < -0.3 is 5.32 Å². The third kappa shape index (κ3) is 3.33. The summed E-state index contributed by atoms with van der Waals surface area (Å²) < 4.78 is 40.1. The van der Waals surface area contributed by atoms with Crippen LogP contribution in [0.1, 0.15) is 16.7 Å². The first-order valence-electron chi connectivity index (χ1n) is 8.57. The monoisotopic (exact) mass is 399 g/mol. The van der Waals surface area contributed by atoms with Gasteiger partial charge in [0.05, 0.1) is 16.6 Å². The number of thiophene rings is 1. The number of nitrogens with one attached hydrogen (secondary N) is 1. The molecule has 4 aromatic rings. The molecular weight excluding hydrogens is 383 g/mol. The van der Waals surface area contributed by atoms with E-state index in [-0.39, 0.29) is 5.69 Å². The number of alkyl halides is 3. The number of hydrogen-bond acceptors (Lipinski definition) is 4. The fourth-order valence-corrected chi connectivity index (χ4v) is 4.16. The summed E-state index contributed by atoms with van der Waals surface area (Å²) in [5.41, 5.74) is 3.39. The number of aromatic nitrogens is 2. The third-order valence-electron chi connectivity index (χ3n) is 4.53. The Hall–Kier alpha value is -2.93. The second kappa shape index (κ2) is 6.91. The minimum absolute atomic E-state index is 0.0345. The van der Waals surface area contributed by atoms with E-state index in [1.165, 1.54) is 29.8 Å².